The van der Waals surface area contributed by atoms with E-state index in [1.807, 2.05) is 31.2 Å². The first-order valence-corrected chi connectivity index (χ1v) is 10.5. The van der Waals surface area contributed by atoms with Crippen molar-refractivity contribution < 1.29 is 19.1 Å². The Morgan fingerprint density at radius 3 is 2.90 bits per heavy atom. The molecule has 0 radical (unpaired) electrons. The van der Waals surface area contributed by atoms with Crippen molar-refractivity contribution in [1.29, 1.82) is 5.26 Å². The Labute approximate surface area is 174 Å². The van der Waals surface area contributed by atoms with Crippen molar-refractivity contribution in [2.75, 3.05) is 18.5 Å². The first-order chi connectivity index (χ1) is 14.0. The second-order valence-corrected chi connectivity index (χ2v) is 8.35. The zero-order valence-electron chi connectivity index (χ0n) is 16.6. The fourth-order valence-electron chi connectivity index (χ4n) is 3.30. The van der Waals surface area contributed by atoms with E-state index < -0.39 is 11.9 Å². The second kappa shape index (κ2) is 9.57. The molecule has 1 aliphatic carbocycles. The second-order valence-electron chi connectivity index (χ2n) is 7.24. The van der Waals surface area contributed by atoms with Gasteiger partial charge in [-0.1, -0.05) is 25.1 Å². The van der Waals surface area contributed by atoms with Crippen LogP contribution in [0.15, 0.2) is 24.3 Å². The Morgan fingerprint density at radius 1 is 1.34 bits per heavy atom. The lowest BCUT2D eigenvalue weighted by molar-refractivity contribution is -0.147. The smallest absolute Gasteiger partial charge is 0.309 e. The van der Waals surface area contributed by atoms with Crippen molar-refractivity contribution in [3.8, 4) is 11.8 Å². The van der Waals surface area contributed by atoms with Gasteiger partial charge in [0.2, 0.25) is 0 Å². The van der Waals surface area contributed by atoms with Gasteiger partial charge in [-0.05, 0) is 49.3 Å². The Hall–Kier alpha value is -2.85. The fraction of sp³-hybridized carbons (Fsp3) is 0.409. The van der Waals surface area contributed by atoms with Crippen molar-refractivity contribution >= 4 is 28.2 Å². The molecule has 152 valence electrons. The number of esters is 1. The molecule has 0 aliphatic heterocycles. The molecule has 0 saturated heterocycles. The molecule has 0 spiro atoms. The molecule has 1 heterocycles. The summed E-state index contributed by atoms with van der Waals surface area (Å²) in [4.78, 5) is 25.2. The number of carbonyl (C=O) groups is 2. The Kier molecular flexibility index (Phi) is 6.89. The largest absolute Gasteiger partial charge is 0.493 e. The maximum absolute atomic E-state index is 12.2. The Bertz CT molecular complexity index is 945. The predicted octanol–water partition coefficient (Wildman–Crippen LogP) is 4.00. The molecular weight excluding hydrogens is 388 g/mol. The molecule has 0 fully saturated rings. The van der Waals surface area contributed by atoms with Gasteiger partial charge in [0.1, 0.15) is 16.8 Å². The highest BCUT2D eigenvalue weighted by atomic mass is 32.1. The highest BCUT2D eigenvalue weighted by Gasteiger charge is 2.24. The van der Waals surface area contributed by atoms with Crippen LogP contribution in [0.4, 0.5) is 5.00 Å². The van der Waals surface area contributed by atoms with Gasteiger partial charge in [-0.3, -0.25) is 9.59 Å². The van der Waals surface area contributed by atoms with Crippen LogP contribution in [0.3, 0.4) is 0 Å². The molecule has 0 unspecified atom stereocenters. The van der Waals surface area contributed by atoms with Crippen molar-refractivity contribution in [1.82, 2.24) is 0 Å². The summed E-state index contributed by atoms with van der Waals surface area (Å²) in [5, 5.41) is 12.8. The molecule has 1 amide bonds. The zero-order chi connectivity index (χ0) is 20.8. The number of nitrogens with one attached hydrogen (secondary N) is 1. The summed E-state index contributed by atoms with van der Waals surface area (Å²) in [5.41, 5.74) is 2.58. The number of hydrogen-bond donors (Lipinski definition) is 1. The van der Waals surface area contributed by atoms with E-state index in [9.17, 15) is 14.9 Å². The van der Waals surface area contributed by atoms with Crippen molar-refractivity contribution in [2.45, 2.75) is 39.5 Å². The first-order valence-electron chi connectivity index (χ1n) is 9.66. The van der Waals surface area contributed by atoms with E-state index in [1.54, 1.807) is 0 Å². The summed E-state index contributed by atoms with van der Waals surface area (Å²) in [6.07, 6.45) is 2.90. The third-order valence-electron chi connectivity index (χ3n) is 4.90. The van der Waals surface area contributed by atoms with E-state index in [0.29, 0.717) is 16.5 Å². The molecule has 0 bridgehead atoms. The lowest BCUT2D eigenvalue weighted by Gasteiger charge is -2.17. The SMILES string of the molecule is Cc1ccccc1OCCC(=O)OCC(=O)Nc1sc2c(c1C#N)CC[C@H](C)C2. The molecule has 0 saturated carbocycles. The number of hydrogen-bond acceptors (Lipinski definition) is 6. The van der Waals surface area contributed by atoms with Crippen LogP contribution in [0.2, 0.25) is 0 Å². The lowest BCUT2D eigenvalue weighted by atomic mass is 9.89. The van der Waals surface area contributed by atoms with E-state index >= 15 is 0 Å². The molecule has 6 nitrogen and oxygen atoms in total. The van der Waals surface area contributed by atoms with E-state index in [1.165, 1.54) is 16.2 Å². The minimum atomic E-state index is -0.506. The van der Waals surface area contributed by atoms with Crippen molar-refractivity contribution in [3.05, 3.63) is 45.8 Å². The average molecular weight is 413 g/mol. The van der Waals surface area contributed by atoms with Gasteiger partial charge >= 0.3 is 5.97 Å². The third kappa shape index (κ3) is 5.36. The molecular formula is C22H24N2O4S. The number of aryl methyl sites for hydroxylation is 1. The maximum Gasteiger partial charge on any atom is 0.309 e. The summed E-state index contributed by atoms with van der Waals surface area (Å²) in [7, 11) is 0. The summed E-state index contributed by atoms with van der Waals surface area (Å²) in [6.45, 7) is 3.92. The van der Waals surface area contributed by atoms with Gasteiger partial charge in [-0.25, -0.2) is 0 Å². The Balaban J connectivity index is 1.46. The third-order valence-corrected chi connectivity index (χ3v) is 6.07. The molecule has 1 aromatic heterocycles. The minimum absolute atomic E-state index is 0.0518. The van der Waals surface area contributed by atoms with Gasteiger partial charge in [-0.2, -0.15) is 5.26 Å². The van der Waals surface area contributed by atoms with Crippen LogP contribution in [-0.4, -0.2) is 25.1 Å². The summed E-state index contributed by atoms with van der Waals surface area (Å²) in [6, 6.07) is 9.75. The number of amides is 1. The Morgan fingerprint density at radius 2 is 2.14 bits per heavy atom. The van der Waals surface area contributed by atoms with E-state index in [-0.39, 0.29) is 19.6 Å². The molecule has 1 atom stereocenters. The van der Waals surface area contributed by atoms with Gasteiger partial charge < -0.3 is 14.8 Å². The molecule has 29 heavy (non-hydrogen) atoms. The topological polar surface area (TPSA) is 88.4 Å². The maximum atomic E-state index is 12.2. The van der Waals surface area contributed by atoms with Crippen LogP contribution in [0.5, 0.6) is 5.75 Å². The first kappa shape index (κ1) is 20.9. The number of thiophene rings is 1. The van der Waals surface area contributed by atoms with Gasteiger partial charge in [0.05, 0.1) is 18.6 Å². The standard InChI is InChI=1S/C22H24N2O4S/c1-14-7-8-16-17(12-23)22(29-19(16)11-14)24-20(25)13-28-21(26)9-10-27-18-6-4-3-5-15(18)2/h3-6,14H,7-11,13H2,1-2H3,(H,24,25)/t14-/m0/s1. The van der Waals surface area contributed by atoms with Crippen LogP contribution >= 0.6 is 11.3 Å². The highest BCUT2D eigenvalue weighted by molar-refractivity contribution is 7.16. The molecule has 1 aromatic carbocycles. The molecule has 3 rings (SSSR count). The van der Waals surface area contributed by atoms with Gasteiger partial charge in [0.15, 0.2) is 6.61 Å². The van der Waals surface area contributed by atoms with Crippen LogP contribution in [0.25, 0.3) is 0 Å². The number of carbonyl (C=O) groups excluding carboxylic acids is 2. The number of rotatable bonds is 7. The lowest BCUT2D eigenvalue weighted by Crippen LogP contribution is -2.21. The summed E-state index contributed by atoms with van der Waals surface area (Å²) in [5.74, 6) is 0.354. The van der Waals surface area contributed by atoms with Gasteiger partial charge in [0, 0.05) is 4.88 Å². The normalized spacial score (nSPS) is 15.1. The number of anilines is 1. The van der Waals surface area contributed by atoms with Gasteiger partial charge in [-0.15, -0.1) is 11.3 Å². The number of benzene rings is 1. The number of nitriles is 1. The van der Waals surface area contributed by atoms with Crippen molar-refractivity contribution in [3.63, 3.8) is 0 Å². The molecule has 7 heteroatoms. The number of nitrogens with zero attached hydrogens (tertiary/aromatic N) is 1. The van der Waals surface area contributed by atoms with E-state index in [0.717, 1.165) is 36.1 Å². The number of fused-ring (bicyclic) bond motifs is 1. The minimum Gasteiger partial charge on any atom is -0.493 e. The quantitative estimate of drug-likeness (QED) is 0.694. The predicted molar refractivity (Wildman–Crippen MR) is 111 cm³/mol. The van der Waals surface area contributed by atoms with E-state index in [4.69, 9.17) is 9.47 Å². The van der Waals surface area contributed by atoms with Crippen LogP contribution in [-0.2, 0) is 27.2 Å². The zero-order valence-corrected chi connectivity index (χ0v) is 17.4. The fourth-order valence-corrected chi connectivity index (χ4v) is 4.68. The number of ether oxygens (including phenoxy) is 2. The summed E-state index contributed by atoms with van der Waals surface area (Å²) >= 11 is 1.45. The van der Waals surface area contributed by atoms with Crippen molar-refractivity contribution in [2.24, 2.45) is 5.92 Å². The van der Waals surface area contributed by atoms with Gasteiger partial charge in [0.25, 0.3) is 5.91 Å². The molecule has 2 aromatic rings. The highest BCUT2D eigenvalue weighted by Crippen LogP contribution is 2.39. The monoisotopic (exact) mass is 412 g/mol. The summed E-state index contributed by atoms with van der Waals surface area (Å²) < 4.78 is 10.6. The van der Waals surface area contributed by atoms with Crippen LogP contribution < -0.4 is 10.1 Å². The molecule has 1 aliphatic rings. The van der Waals surface area contributed by atoms with E-state index in [2.05, 4.69) is 18.3 Å². The average Bonchev–Trinajstić information content (AvgIpc) is 3.03. The van der Waals surface area contributed by atoms with Crippen LogP contribution in [0.1, 0.15) is 41.3 Å². The number of para-hydroxylation sites is 1. The molecule has 1 N–H and O–H groups in total. The van der Waals surface area contributed by atoms with Crippen LogP contribution in [0, 0.1) is 24.2 Å².